The highest BCUT2D eigenvalue weighted by Crippen LogP contribution is 2.18. The molecular weight excluding hydrogens is 281 g/mol. The van der Waals surface area contributed by atoms with Gasteiger partial charge in [0.05, 0.1) is 5.02 Å². The molecule has 1 aromatic carbocycles. The summed E-state index contributed by atoms with van der Waals surface area (Å²) < 4.78 is 13.3. The van der Waals surface area contributed by atoms with Crippen LogP contribution >= 0.6 is 22.9 Å². The molecule has 1 heterocycles. The molecule has 102 valence electrons. The molecule has 0 saturated carbocycles. The van der Waals surface area contributed by atoms with Crippen LogP contribution in [0.4, 0.5) is 4.39 Å². The van der Waals surface area contributed by atoms with Gasteiger partial charge in [0.1, 0.15) is 5.82 Å². The fourth-order valence-corrected chi connectivity index (χ4v) is 2.93. The Morgan fingerprint density at radius 3 is 2.84 bits per heavy atom. The first-order chi connectivity index (χ1) is 9.15. The van der Waals surface area contributed by atoms with Gasteiger partial charge in [0.2, 0.25) is 0 Å². The van der Waals surface area contributed by atoms with Crippen LogP contribution in [0.5, 0.6) is 0 Å². The zero-order chi connectivity index (χ0) is 13.7. The Labute approximate surface area is 122 Å². The van der Waals surface area contributed by atoms with Gasteiger partial charge in [0, 0.05) is 10.9 Å². The third-order valence-corrected chi connectivity index (χ3v) is 4.30. The largest absolute Gasteiger partial charge is 0.327 e. The molecular formula is C15H17ClFNS. The van der Waals surface area contributed by atoms with Gasteiger partial charge < -0.3 is 5.73 Å². The van der Waals surface area contributed by atoms with Gasteiger partial charge in [0.25, 0.3) is 0 Å². The van der Waals surface area contributed by atoms with E-state index in [4.69, 9.17) is 17.3 Å². The molecule has 2 rings (SSSR count). The summed E-state index contributed by atoms with van der Waals surface area (Å²) in [6.45, 7) is 0. The van der Waals surface area contributed by atoms with Gasteiger partial charge in [-0.15, -0.1) is 11.3 Å². The maximum atomic E-state index is 13.3. The molecule has 1 nitrogen and oxygen atoms in total. The maximum Gasteiger partial charge on any atom is 0.142 e. The number of rotatable bonds is 6. The van der Waals surface area contributed by atoms with Crippen molar-refractivity contribution in [1.29, 1.82) is 0 Å². The second kappa shape index (κ2) is 7.04. The van der Waals surface area contributed by atoms with Gasteiger partial charge in [-0.25, -0.2) is 4.39 Å². The lowest BCUT2D eigenvalue weighted by atomic mass is 10.0. The molecule has 1 unspecified atom stereocenters. The lowest BCUT2D eigenvalue weighted by Gasteiger charge is -2.11. The number of halogens is 2. The van der Waals surface area contributed by atoms with Gasteiger partial charge >= 0.3 is 0 Å². The zero-order valence-electron chi connectivity index (χ0n) is 10.6. The van der Waals surface area contributed by atoms with Crippen LogP contribution in [-0.4, -0.2) is 6.04 Å². The van der Waals surface area contributed by atoms with Gasteiger partial charge in [0.15, 0.2) is 0 Å². The monoisotopic (exact) mass is 297 g/mol. The topological polar surface area (TPSA) is 26.0 Å². The molecule has 0 aliphatic heterocycles. The average molecular weight is 298 g/mol. The third-order valence-electron chi connectivity index (χ3n) is 3.06. The quantitative estimate of drug-likeness (QED) is 0.838. The van der Waals surface area contributed by atoms with E-state index < -0.39 is 0 Å². The van der Waals surface area contributed by atoms with Crippen molar-refractivity contribution in [1.82, 2.24) is 0 Å². The molecule has 0 aliphatic carbocycles. The van der Waals surface area contributed by atoms with Gasteiger partial charge in [-0.05, 0) is 54.8 Å². The van der Waals surface area contributed by atoms with E-state index in [0.717, 1.165) is 24.8 Å². The second-order valence-electron chi connectivity index (χ2n) is 4.68. The van der Waals surface area contributed by atoms with Gasteiger partial charge in [-0.2, -0.15) is 0 Å². The molecule has 0 amide bonds. The van der Waals surface area contributed by atoms with Crippen LogP contribution in [0.15, 0.2) is 35.7 Å². The van der Waals surface area contributed by atoms with Crippen molar-refractivity contribution in [2.75, 3.05) is 0 Å². The van der Waals surface area contributed by atoms with Gasteiger partial charge in [-0.1, -0.05) is 23.7 Å². The van der Waals surface area contributed by atoms with Crippen molar-refractivity contribution in [2.24, 2.45) is 5.73 Å². The summed E-state index contributed by atoms with van der Waals surface area (Å²) in [5, 5.41) is 2.25. The predicted molar refractivity (Wildman–Crippen MR) is 80.3 cm³/mol. The van der Waals surface area contributed by atoms with E-state index in [0.29, 0.717) is 6.42 Å². The minimum absolute atomic E-state index is 0.0699. The van der Waals surface area contributed by atoms with Crippen LogP contribution in [-0.2, 0) is 12.8 Å². The molecule has 1 aromatic heterocycles. The van der Waals surface area contributed by atoms with Crippen molar-refractivity contribution in [2.45, 2.75) is 31.7 Å². The Balaban J connectivity index is 1.77. The van der Waals surface area contributed by atoms with Crippen molar-refractivity contribution in [3.8, 4) is 0 Å². The smallest absolute Gasteiger partial charge is 0.142 e. The maximum absolute atomic E-state index is 13.3. The first kappa shape index (κ1) is 14.5. The number of hydrogen-bond donors (Lipinski definition) is 1. The summed E-state index contributed by atoms with van der Waals surface area (Å²) in [5.74, 6) is -0.370. The summed E-state index contributed by atoms with van der Waals surface area (Å²) in [5.41, 5.74) is 6.99. The van der Waals surface area contributed by atoms with E-state index in [1.54, 1.807) is 17.4 Å². The average Bonchev–Trinajstić information content (AvgIpc) is 2.87. The SMILES string of the molecule is NC(CCCc1cccs1)Cc1ccc(Cl)c(F)c1. The summed E-state index contributed by atoms with van der Waals surface area (Å²) >= 11 is 7.43. The highest BCUT2D eigenvalue weighted by Gasteiger charge is 2.07. The number of hydrogen-bond acceptors (Lipinski definition) is 2. The number of benzene rings is 1. The van der Waals surface area contributed by atoms with E-state index in [2.05, 4.69) is 17.5 Å². The number of aryl methyl sites for hydroxylation is 1. The molecule has 19 heavy (non-hydrogen) atoms. The molecule has 0 spiro atoms. The Kier molecular flexibility index (Phi) is 5.37. The zero-order valence-corrected chi connectivity index (χ0v) is 12.2. The van der Waals surface area contributed by atoms with Crippen LogP contribution in [0.25, 0.3) is 0 Å². The molecule has 0 bridgehead atoms. The fourth-order valence-electron chi connectivity index (χ4n) is 2.06. The molecule has 0 fully saturated rings. The molecule has 0 radical (unpaired) electrons. The highest BCUT2D eigenvalue weighted by atomic mass is 35.5. The normalized spacial score (nSPS) is 12.6. The van der Waals surface area contributed by atoms with Gasteiger partial charge in [-0.3, -0.25) is 0 Å². The third kappa shape index (κ3) is 4.60. The number of thiophene rings is 1. The minimum atomic E-state index is -0.370. The molecule has 1 atom stereocenters. The first-order valence-electron chi connectivity index (χ1n) is 6.37. The molecule has 0 saturated heterocycles. The van der Waals surface area contributed by atoms with Crippen molar-refractivity contribution in [3.63, 3.8) is 0 Å². The molecule has 2 aromatic rings. The van der Waals surface area contributed by atoms with E-state index >= 15 is 0 Å². The van der Waals surface area contributed by atoms with Crippen molar-refractivity contribution >= 4 is 22.9 Å². The summed E-state index contributed by atoms with van der Waals surface area (Å²) in [6, 6.07) is 9.18. The summed E-state index contributed by atoms with van der Waals surface area (Å²) in [7, 11) is 0. The fraction of sp³-hybridized carbons (Fsp3) is 0.333. The van der Waals surface area contributed by atoms with Crippen molar-refractivity contribution in [3.05, 3.63) is 57.0 Å². The van der Waals surface area contributed by atoms with Crippen LogP contribution in [0.1, 0.15) is 23.3 Å². The first-order valence-corrected chi connectivity index (χ1v) is 7.63. The van der Waals surface area contributed by atoms with E-state index in [9.17, 15) is 4.39 Å². The minimum Gasteiger partial charge on any atom is -0.327 e. The Morgan fingerprint density at radius 1 is 1.32 bits per heavy atom. The Hall–Kier alpha value is -0.900. The van der Waals surface area contributed by atoms with E-state index in [-0.39, 0.29) is 16.9 Å². The van der Waals surface area contributed by atoms with E-state index in [1.807, 2.05) is 6.07 Å². The van der Waals surface area contributed by atoms with Crippen molar-refractivity contribution < 1.29 is 4.39 Å². The van der Waals surface area contributed by atoms with Crippen LogP contribution in [0.2, 0.25) is 5.02 Å². The Morgan fingerprint density at radius 2 is 2.16 bits per heavy atom. The lowest BCUT2D eigenvalue weighted by Crippen LogP contribution is -2.22. The van der Waals surface area contributed by atoms with E-state index in [1.165, 1.54) is 10.9 Å². The van der Waals surface area contributed by atoms with Crippen LogP contribution < -0.4 is 5.73 Å². The second-order valence-corrected chi connectivity index (χ2v) is 6.12. The van der Waals surface area contributed by atoms with Crippen LogP contribution in [0, 0.1) is 5.82 Å². The van der Waals surface area contributed by atoms with Crippen LogP contribution in [0.3, 0.4) is 0 Å². The highest BCUT2D eigenvalue weighted by molar-refractivity contribution is 7.09. The summed E-state index contributed by atoms with van der Waals surface area (Å²) in [6.07, 6.45) is 3.78. The molecule has 4 heteroatoms. The lowest BCUT2D eigenvalue weighted by molar-refractivity contribution is 0.577. The molecule has 0 aliphatic rings. The molecule has 2 N–H and O–H groups in total. The predicted octanol–water partition coefficient (Wildman–Crippen LogP) is 4.43. The standard InChI is InChI=1S/C15H17ClFNS/c16-14-7-6-11(10-15(14)17)9-12(18)3-1-4-13-5-2-8-19-13/h2,5-8,10,12H,1,3-4,9,18H2. The Bertz CT molecular complexity index is 513. The number of nitrogens with two attached hydrogens (primary N) is 1. The summed E-state index contributed by atoms with van der Waals surface area (Å²) in [4.78, 5) is 1.39.